The number of anilines is 1. The van der Waals surface area contributed by atoms with Crippen LogP contribution < -0.4 is 10.1 Å². The minimum absolute atomic E-state index is 0.0156. The van der Waals surface area contributed by atoms with E-state index in [1.165, 1.54) is 5.56 Å². The summed E-state index contributed by atoms with van der Waals surface area (Å²) in [5.41, 5.74) is 2.91. The van der Waals surface area contributed by atoms with E-state index < -0.39 is 0 Å². The molecule has 1 N–H and O–H groups in total. The lowest BCUT2D eigenvalue weighted by molar-refractivity contribution is -0.122. The number of aryl methyl sites for hydroxylation is 2. The standard InChI is InChI=1S/C25H31N5O2/c1-3-14-30-18-20(19(2)28-30)17-29-15-8-7-11-23(29)25(31)27-21-12-13-24(26-16-21)32-22-9-5-4-6-10-22/h4-6,9-10,12-13,16,18,23H,3,7-8,11,14-15,17H2,1-2H3,(H,27,31)/t23-/m0/s1. The maximum Gasteiger partial charge on any atom is 0.241 e. The third-order valence-corrected chi connectivity index (χ3v) is 5.76. The fourth-order valence-corrected chi connectivity index (χ4v) is 4.10. The molecule has 4 rings (SSSR count). The number of nitrogens with zero attached hydrogens (tertiary/aromatic N) is 4. The molecule has 1 aromatic carbocycles. The molecular weight excluding hydrogens is 402 g/mol. The van der Waals surface area contributed by atoms with Crippen molar-refractivity contribution < 1.29 is 9.53 Å². The van der Waals surface area contributed by atoms with Crippen LogP contribution in [0.4, 0.5) is 5.69 Å². The van der Waals surface area contributed by atoms with Crippen molar-refractivity contribution in [1.29, 1.82) is 0 Å². The number of nitrogens with one attached hydrogen (secondary N) is 1. The number of hydrogen-bond donors (Lipinski definition) is 1. The first kappa shape index (κ1) is 22.0. The summed E-state index contributed by atoms with van der Waals surface area (Å²) in [6, 6.07) is 13.0. The van der Waals surface area contributed by atoms with Gasteiger partial charge in [0.05, 0.1) is 23.6 Å². The second-order valence-electron chi connectivity index (χ2n) is 8.27. The Labute approximate surface area is 189 Å². The summed E-state index contributed by atoms with van der Waals surface area (Å²) in [4.78, 5) is 19.7. The highest BCUT2D eigenvalue weighted by Gasteiger charge is 2.29. The van der Waals surface area contributed by atoms with Gasteiger partial charge in [0.15, 0.2) is 0 Å². The summed E-state index contributed by atoms with van der Waals surface area (Å²) in [6.07, 6.45) is 7.85. The van der Waals surface area contributed by atoms with Gasteiger partial charge in [0.1, 0.15) is 5.75 Å². The SMILES string of the molecule is CCCn1cc(CN2CCCC[C@H]2C(=O)Nc2ccc(Oc3ccccc3)nc2)c(C)n1. The van der Waals surface area contributed by atoms with E-state index in [1.807, 2.05) is 48.0 Å². The largest absolute Gasteiger partial charge is 0.439 e. The van der Waals surface area contributed by atoms with E-state index >= 15 is 0 Å². The number of rotatable bonds is 8. The average molecular weight is 434 g/mol. The Morgan fingerprint density at radius 3 is 2.78 bits per heavy atom. The number of pyridine rings is 1. The molecule has 0 aliphatic carbocycles. The fraction of sp³-hybridized carbons (Fsp3) is 0.400. The molecule has 0 bridgehead atoms. The third-order valence-electron chi connectivity index (χ3n) is 5.76. The molecule has 1 atom stereocenters. The second kappa shape index (κ2) is 10.4. The molecule has 2 aromatic heterocycles. The Hall–Kier alpha value is -3.19. The van der Waals surface area contributed by atoms with Gasteiger partial charge in [-0.3, -0.25) is 14.4 Å². The van der Waals surface area contributed by atoms with Gasteiger partial charge < -0.3 is 10.1 Å². The normalized spacial score (nSPS) is 16.6. The van der Waals surface area contributed by atoms with Crippen LogP contribution in [0, 0.1) is 6.92 Å². The maximum absolute atomic E-state index is 13.1. The van der Waals surface area contributed by atoms with Crippen molar-refractivity contribution in [1.82, 2.24) is 19.7 Å². The van der Waals surface area contributed by atoms with Gasteiger partial charge in [-0.1, -0.05) is 31.5 Å². The van der Waals surface area contributed by atoms with Crippen molar-refractivity contribution in [2.45, 2.75) is 58.7 Å². The van der Waals surface area contributed by atoms with E-state index in [9.17, 15) is 4.79 Å². The van der Waals surface area contributed by atoms with Crippen molar-refractivity contribution in [3.8, 4) is 11.6 Å². The Bertz CT molecular complexity index is 1020. The Morgan fingerprint density at radius 1 is 1.19 bits per heavy atom. The second-order valence-corrected chi connectivity index (χ2v) is 8.27. The van der Waals surface area contributed by atoms with Crippen LogP contribution in [0.15, 0.2) is 54.9 Å². The molecule has 3 heterocycles. The number of hydrogen-bond acceptors (Lipinski definition) is 5. The zero-order valence-corrected chi connectivity index (χ0v) is 18.8. The molecule has 1 saturated heterocycles. The van der Waals surface area contributed by atoms with Crippen LogP contribution in [0.1, 0.15) is 43.9 Å². The molecule has 0 radical (unpaired) electrons. The topological polar surface area (TPSA) is 72.3 Å². The molecule has 0 saturated carbocycles. The van der Waals surface area contributed by atoms with Gasteiger partial charge in [-0.15, -0.1) is 0 Å². The minimum atomic E-state index is -0.155. The lowest BCUT2D eigenvalue weighted by Gasteiger charge is -2.34. The number of para-hydroxylation sites is 1. The van der Waals surface area contributed by atoms with E-state index in [-0.39, 0.29) is 11.9 Å². The molecule has 1 fully saturated rings. The maximum atomic E-state index is 13.1. The molecule has 168 valence electrons. The average Bonchev–Trinajstić information content (AvgIpc) is 3.15. The first-order chi connectivity index (χ1) is 15.6. The van der Waals surface area contributed by atoms with Crippen LogP contribution in [0.5, 0.6) is 11.6 Å². The summed E-state index contributed by atoms with van der Waals surface area (Å²) in [7, 11) is 0. The number of likely N-dealkylation sites (tertiary alicyclic amines) is 1. The summed E-state index contributed by atoms with van der Waals surface area (Å²) >= 11 is 0. The molecule has 3 aromatic rings. The molecule has 7 nitrogen and oxygen atoms in total. The number of ether oxygens (including phenoxy) is 1. The summed E-state index contributed by atoms with van der Waals surface area (Å²) < 4.78 is 7.74. The minimum Gasteiger partial charge on any atom is -0.439 e. The molecule has 1 amide bonds. The van der Waals surface area contributed by atoms with Gasteiger partial charge >= 0.3 is 0 Å². The van der Waals surface area contributed by atoms with Crippen LogP contribution in [0.2, 0.25) is 0 Å². The Kier molecular flexibility index (Phi) is 7.17. The number of amides is 1. The molecule has 1 aliphatic heterocycles. The first-order valence-electron chi connectivity index (χ1n) is 11.4. The smallest absolute Gasteiger partial charge is 0.241 e. The predicted molar refractivity (Wildman–Crippen MR) is 125 cm³/mol. The van der Waals surface area contributed by atoms with Crippen LogP contribution in [-0.4, -0.2) is 38.2 Å². The predicted octanol–water partition coefficient (Wildman–Crippen LogP) is 4.78. The van der Waals surface area contributed by atoms with Crippen LogP contribution in [-0.2, 0) is 17.9 Å². The van der Waals surface area contributed by atoms with Crippen LogP contribution in [0.25, 0.3) is 0 Å². The van der Waals surface area contributed by atoms with Gasteiger partial charge in [-0.25, -0.2) is 4.98 Å². The number of carbonyl (C=O) groups is 1. The lowest BCUT2D eigenvalue weighted by Crippen LogP contribution is -2.46. The molecular formula is C25H31N5O2. The van der Waals surface area contributed by atoms with E-state index in [0.29, 0.717) is 11.6 Å². The zero-order valence-electron chi connectivity index (χ0n) is 18.8. The summed E-state index contributed by atoms with van der Waals surface area (Å²) in [5.74, 6) is 1.24. The third kappa shape index (κ3) is 5.53. The van der Waals surface area contributed by atoms with Crippen LogP contribution in [0.3, 0.4) is 0 Å². The van der Waals surface area contributed by atoms with Crippen molar-refractivity contribution in [2.24, 2.45) is 0 Å². The molecule has 1 aliphatic rings. The number of carbonyl (C=O) groups excluding carboxylic acids is 1. The highest BCUT2D eigenvalue weighted by molar-refractivity contribution is 5.94. The van der Waals surface area contributed by atoms with Crippen molar-refractivity contribution >= 4 is 11.6 Å². The summed E-state index contributed by atoms with van der Waals surface area (Å²) in [6.45, 7) is 6.78. The van der Waals surface area contributed by atoms with E-state index in [1.54, 1.807) is 12.3 Å². The lowest BCUT2D eigenvalue weighted by atomic mass is 10.0. The fourth-order valence-electron chi connectivity index (χ4n) is 4.10. The Morgan fingerprint density at radius 2 is 2.03 bits per heavy atom. The molecule has 0 unspecified atom stereocenters. The Balaban J connectivity index is 1.38. The van der Waals surface area contributed by atoms with E-state index in [2.05, 4.69) is 33.4 Å². The highest BCUT2D eigenvalue weighted by atomic mass is 16.5. The van der Waals surface area contributed by atoms with Crippen LogP contribution >= 0.6 is 0 Å². The number of aromatic nitrogens is 3. The van der Waals surface area contributed by atoms with E-state index in [0.717, 1.165) is 56.8 Å². The van der Waals surface area contributed by atoms with Gasteiger partial charge in [-0.05, 0) is 50.9 Å². The highest BCUT2D eigenvalue weighted by Crippen LogP contribution is 2.23. The number of piperidine rings is 1. The summed E-state index contributed by atoms with van der Waals surface area (Å²) in [5, 5.41) is 7.65. The quantitative estimate of drug-likeness (QED) is 0.553. The monoisotopic (exact) mass is 433 g/mol. The number of benzene rings is 1. The van der Waals surface area contributed by atoms with Crippen molar-refractivity contribution in [3.05, 3.63) is 66.1 Å². The molecule has 0 spiro atoms. The molecule has 32 heavy (non-hydrogen) atoms. The van der Waals surface area contributed by atoms with E-state index in [4.69, 9.17) is 4.74 Å². The first-order valence-corrected chi connectivity index (χ1v) is 11.4. The van der Waals surface area contributed by atoms with Crippen molar-refractivity contribution in [3.63, 3.8) is 0 Å². The van der Waals surface area contributed by atoms with Crippen molar-refractivity contribution in [2.75, 3.05) is 11.9 Å². The van der Waals surface area contributed by atoms with Gasteiger partial charge in [0.2, 0.25) is 11.8 Å². The zero-order chi connectivity index (χ0) is 22.3. The van der Waals surface area contributed by atoms with Gasteiger partial charge in [-0.2, -0.15) is 5.10 Å². The van der Waals surface area contributed by atoms with Gasteiger partial charge in [0.25, 0.3) is 0 Å². The molecule has 7 heteroatoms. The van der Waals surface area contributed by atoms with Gasteiger partial charge in [0, 0.05) is 30.9 Å².